The van der Waals surface area contributed by atoms with Gasteiger partial charge in [-0.15, -0.1) is 0 Å². The highest BCUT2D eigenvalue weighted by Gasteiger charge is 2.13. The molecular formula is C26H29ClN2. The topological polar surface area (TPSA) is 15.3 Å². The average molecular weight is 405 g/mol. The molecule has 29 heavy (non-hydrogen) atoms. The summed E-state index contributed by atoms with van der Waals surface area (Å²) in [7, 11) is 1.88. The lowest BCUT2D eigenvalue weighted by Crippen LogP contribution is -2.22. The molecule has 0 spiro atoms. The lowest BCUT2D eigenvalue weighted by molar-refractivity contribution is 0.865. The summed E-state index contributed by atoms with van der Waals surface area (Å²) in [6.45, 7) is 12.6. The maximum atomic E-state index is 6.53. The fourth-order valence-corrected chi connectivity index (χ4v) is 4.01. The van der Waals surface area contributed by atoms with E-state index < -0.39 is 0 Å². The molecule has 0 saturated carbocycles. The van der Waals surface area contributed by atoms with Gasteiger partial charge in [0.2, 0.25) is 0 Å². The zero-order valence-electron chi connectivity index (χ0n) is 17.7. The third-order valence-electron chi connectivity index (χ3n) is 5.38. The van der Waals surface area contributed by atoms with Crippen LogP contribution < -0.4 is 20.7 Å². The summed E-state index contributed by atoms with van der Waals surface area (Å²) in [5, 5.41) is 6.02. The summed E-state index contributed by atoms with van der Waals surface area (Å²) in [5.74, 6) is 0. The Morgan fingerprint density at radius 2 is 1.66 bits per heavy atom. The van der Waals surface area contributed by atoms with E-state index in [0.29, 0.717) is 5.02 Å². The van der Waals surface area contributed by atoms with Crippen LogP contribution >= 0.6 is 11.6 Å². The zero-order chi connectivity index (χ0) is 21.0. The Bertz CT molecular complexity index is 1090. The van der Waals surface area contributed by atoms with Crippen LogP contribution in [0.4, 0.5) is 11.4 Å². The van der Waals surface area contributed by atoms with Gasteiger partial charge >= 0.3 is 0 Å². The van der Waals surface area contributed by atoms with E-state index in [2.05, 4.69) is 86.1 Å². The van der Waals surface area contributed by atoms with Crippen LogP contribution in [0.25, 0.3) is 12.2 Å². The molecule has 3 rings (SSSR count). The normalized spacial score (nSPS) is 10.7. The van der Waals surface area contributed by atoms with Crippen molar-refractivity contribution in [2.75, 3.05) is 30.4 Å². The van der Waals surface area contributed by atoms with Crippen LogP contribution in [-0.4, -0.2) is 20.1 Å². The number of nitrogens with zero attached hydrogens (tertiary/aromatic N) is 1. The van der Waals surface area contributed by atoms with E-state index in [1.807, 2.05) is 19.2 Å². The average Bonchev–Trinajstić information content (AvgIpc) is 2.72. The summed E-state index contributed by atoms with van der Waals surface area (Å²) >= 11 is 6.53. The summed E-state index contributed by atoms with van der Waals surface area (Å²) < 4.78 is 0. The third-order valence-corrected chi connectivity index (χ3v) is 5.69. The Morgan fingerprint density at radius 1 is 0.966 bits per heavy atom. The molecule has 0 heterocycles. The van der Waals surface area contributed by atoms with Gasteiger partial charge in [0.25, 0.3) is 0 Å². The number of hydrogen-bond donors (Lipinski definition) is 1. The van der Waals surface area contributed by atoms with E-state index in [1.165, 1.54) is 22.4 Å². The first-order valence-corrected chi connectivity index (χ1v) is 10.5. The zero-order valence-corrected chi connectivity index (χ0v) is 18.5. The van der Waals surface area contributed by atoms with Gasteiger partial charge in [-0.05, 0) is 77.7 Å². The number of nitrogens with one attached hydrogen (secondary N) is 1. The van der Waals surface area contributed by atoms with Gasteiger partial charge < -0.3 is 10.2 Å². The standard InChI is InChI=1S/C26H29ClN2/c1-6-29(7-2)22-13-14-23(19(4)16-22)26(20-10-8-18(3)9-11-20)21-12-15-25(28-5)24(27)17-21/h8-17,28H,3,6-7H2,1-2,4-5H3. The molecule has 3 heteroatoms. The second-order valence-electron chi connectivity index (χ2n) is 7.19. The number of aryl methyl sites for hydroxylation is 1. The first-order valence-electron chi connectivity index (χ1n) is 10.1. The summed E-state index contributed by atoms with van der Waals surface area (Å²) in [6.07, 6.45) is 0. The molecule has 3 aromatic carbocycles. The highest BCUT2D eigenvalue weighted by molar-refractivity contribution is 6.33. The number of halogens is 1. The quantitative estimate of drug-likeness (QED) is 0.607. The van der Waals surface area contributed by atoms with E-state index in [1.54, 1.807) is 0 Å². The van der Waals surface area contributed by atoms with Gasteiger partial charge in [-0.3, -0.25) is 0 Å². The van der Waals surface area contributed by atoms with Crippen LogP contribution in [-0.2, 0) is 0 Å². The predicted octanol–water partition coefficient (Wildman–Crippen LogP) is 5.19. The molecule has 0 fully saturated rings. The van der Waals surface area contributed by atoms with Crippen molar-refractivity contribution in [1.82, 2.24) is 0 Å². The van der Waals surface area contributed by atoms with Crippen molar-refractivity contribution in [3.63, 3.8) is 0 Å². The second kappa shape index (κ2) is 9.19. The predicted molar refractivity (Wildman–Crippen MR) is 129 cm³/mol. The van der Waals surface area contributed by atoms with Crippen molar-refractivity contribution in [3.05, 3.63) is 92.8 Å². The molecule has 150 valence electrons. The van der Waals surface area contributed by atoms with Crippen molar-refractivity contribution in [2.45, 2.75) is 20.8 Å². The van der Waals surface area contributed by atoms with Crippen molar-refractivity contribution in [2.24, 2.45) is 0 Å². The number of benzene rings is 3. The molecule has 0 aliphatic carbocycles. The minimum Gasteiger partial charge on any atom is -0.387 e. The first-order chi connectivity index (χ1) is 14.0. The maximum absolute atomic E-state index is 6.53. The number of anilines is 2. The Hall–Kier alpha value is -2.71. The van der Waals surface area contributed by atoms with E-state index in [-0.39, 0.29) is 0 Å². The van der Waals surface area contributed by atoms with Gasteiger partial charge in [-0.2, -0.15) is 0 Å². The van der Waals surface area contributed by atoms with Crippen molar-refractivity contribution < 1.29 is 0 Å². The third kappa shape index (κ3) is 4.49. The van der Waals surface area contributed by atoms with E-state index in [9.17, 15) is 0 Å². The minimum atomic E-state index is 0.716. The van der Waals surface area contributed by atoms with Gasteiger partial charge in [-0.25, -0.2) is 0 Å². The monoisotopic (exact) mass is 404 g/mol. The molecule has 0 atom stereocenters. The van der Waals surface area contributed by atoms with Crippen LogP contribution in [0.1, 0.15) is 30.5 Å². The maximum Gasteiger partial charge on any atom is 0.0643 e. The Labute approximate surface area is 179 Å². The van der Waals surface area contributed by atoms with Gasteiger partial charge in [-0.1, -0.05) is 54.6 Å². The van der Waals surface area contributed by atoms with Gasteiger partial charge in [0.15, 0.2) is 0 Å². The minimum absolute atomic E-state index is 0.716. The fourth-order valence-electron chi connectivity index (χ4n) is 3.74. The number of hydrogen-bond acceptors (Lipinski definition) is 2. The van der Waals surface area contributed by atoms with Crippen molar-refractivity contribution in [1.29, 1.82) is 0 Å². The SMILES string of the molecule is C=c1ccc(=C(c2ccc(NC)c(Cl)c2)c2ccc(N(CC)CC)cc2C)cc1. The van der Waals surface area contributed by atoms with Crippen LogP contribution in [0.15, 0.2) is 60.7 Å². The molecule has 0 radical (unpaired) electrons. The largest absolute Gasteiger partial charge is 0.387 e. The smallest absolute Gasteiger partial charge is 0.0643 e. The highest BCUT2D eigenvalue weighted by Crippen LogP contribution is 2.31. The summed E-state index contributed by atoms with van der Waals surface area (Å²) in [6, 6.07) is 21.3. The molecule has 2 nitrogen and oxygen atoms in total. The molecule has 0 aliphatic heterocycles. The van der Waals surface area contributed by atoms with Crippen LogP contribution in [0.3, 0.4) is 0 Å². The Kier molecular flexibility index (Phi) is 6.66. The molecule has 1 N–H and O–H groups in total. The van der Waals surface area contributed by atoms with E-state index in [0.717, 1.165) is 34.8 Å². The summed E-state index contributed by atoms with van der Waals surface area (Å²) in [5.41, 5.74) is 6.93. The fraction of sp³-hybridized carbons (Fsp3) is 0.231. The second-order valence-corrected chi connectivity index (χ2v) is 7.60. The van der Waals surface area contributed by atoms with Crippen molar-refractivity contribution in [3.8, 4) is 0 Å². The molecule has 0 amide bonds. The van der Waals surface area contributed by atoms with Crippen molar-refractivity contribution >= 4 is 35.1 Å². The van der Waals surface area contributed by atoms with Gasteiger partial charge in [0.1, 0.15) is 0 Å². The molecule has 0 aromatic heterocycles. The molecular weight excluding hydrogens is 376 g/mol. The lowest BCUT2D eigenvalue weighted by atomic mass is 9.91. The molecule has 3 aromatic rings. The Morgan fingerprint density at radius 3 is 2.21 bits per heavy atom. The lowest BCUT2D eigenvalue weighted by Gasteiger charge is -2.23. The van der Waals surface area contributed by atoms with E-state index >= 15 is 0 Å². The van der Waals surface area contributed by atoms with Crippen LogP contribution in [0, 0.1) is 6.92 Å². The number of rotatable bonds is 6. The van der Waals surface area contributed by atoms with Crippen LogP contribution in [0.5, 0.6) is 0 Å². The molecule has 0 saturated heterocycles. The van der Waals surface area contributed by atoms with Gasteiger partial charge in [0.05, 0.1) is 10.7 Å². The van der Waals surface area contributed by atoms with Crippen LogP contribution in [0.2, 0.25) is 5.02 Å². The molecule has 0 bridgehead atoms. The van der Waals surface area contributed by atoms with E-state index in [4.69, 9.17) is 11.6 Å². The molecule has 0 aliphatic rings. The Balaban J connectivity index is 2.25. The first kappa shape index (κ1) is 21.0. The molecule has 0 unspecified atom stereocenters. The summed E-state index contributed by atoms with van der Waals surface area (Å²) in [4.78, 5) is 2.37. The highest BCUT2D eigenvalue weighted by atomic mass is 35.5. The van der Waals surface area contributed by atoms with Gasteiger partial charge in [0, 0.05) is 25.8 Å².